The molecule has 0 bridgehead atoms. The second-order valence-electron chi connectivity index (χ2n) is 9.28. The zero-order valence-corrected chi connectivity index (χ0v) is 22.7. The van der Waals surface area contributed by atoms with Gasteiger partial charge in [-0.05, 0) is 45.3 Å². The van der Waals surface area contributed by atoms with Crippen LogP contribution in [0.1, 0.15) is 6.92 Å². The second kappa shape index (κ2) is 11.8. The van der Waals surface area contributed by atoms with E-state index in [-0.39, 0.29) is 5.91 Å². The molecule has 0 fully saturated rings. The molecule has 2 aromatic carbocycles. The maximum Gasteiger partial charge on any atom is 0.247 e. The molecule has 198 valence electrons. The van der Waals surface area contributed by atoms with E-state index in [0.717, 1.165) is 40.9 Å². The first-order valence-corrected chi connectivity index (χ1v) is 12.5. The molecule has 0 aliphatic heterocycles. The van der Waals surface area contributed by atoms with E-state index in [4.69, 9.17) is 9.72 Å². The Morgan fingerprint density at radius 1 is 1.13 bits per heavy atom. The summed E-state index contributed by atoms with van der Waals surface area (Å²) in [5.74, 6) is 0.762. The molecule has 0 aliphatic rings. The van der Waals surface area contributed by atoms with Gasteiger partial charge in [-0.2, -0.15) is 0 Å². The number of aryl methyl sites for hydroxylation is 1. The quantitative estimate of drug-likeness (QED) is 0.276. The zero-order valence-electron chi connectivity index (χ0n) is 22.7. The number of para-hydroxylation sites is 1. The van der Waals surface area contributed by atoms with Crippen LogP contribution in [0.3, 0.4) is 0 Å². The third kappa shape index (κ3) is 5.95. The highest BCUT2D eigenvalue weighted by molar-refractivity contribution is 6.02. The zero-order chi connectivity index (χ0) is 27.2. The Labute approximate surface area is 223 Å². The Hall–Kier alpha value is -4.37. The van der Waals surface area contributed by atoms with Crippen molar-refractivity contribution in [2.45, 2.75) is 6.92 Å². The Kier molecular flexibility index (Phi) is 8.28. The number of ether oxygens (including phenoxy) is 1. The highest BCUT2D eigenvalue weighted by atomic mass is 16.5. The first kappa shape index (κ1) is 26.7. The third-order valence-corrected chi connectivity index (χ3v) is 6.21. The SMILES string of the molecule is C=CC(=O)Nc1cc(Nc2nccc(-c3cn(C)c4ccccc34)n2)c(OCC)cc1N(C)CCN(C)C. The Morgan fingerprint density at radius 2 is 1.92 bits per heavy atom. The summed E-state index contributed by atoms with van der Waals surface area (Å²) < 4.78 is 8.09. The number of anilines is 4. The number of fused-ring (bicyclic) bond motifs is 1. The van der Waals surface area contributed by atoms with Crippen LogP contribution in [0, 0.1) is 0 Å². The van der Waals surface area contributed by atoms with Crippen LogP contribution in [0.2, 0.25) is 0 Å². The van der Waals surface area contributed by atoms with E-state index < -0.39 is 0 Å². The first-order chi connectivity index (χ1) is 18.3. The van der Waals surface area contributed by atoms with Gasteiger partial charge < -0.3 is 29.7 Å². The van der Waals surface area contributed by atoms with Gasteiger partial charge in [0.25, 0.3) is 0 Å². The minimum Gasteiger partial charge on any atom is -0.492 e. The van der Waals surface area contributed by atoms with Crippen LogP contribution < -0.4 is 20.3 Å². The number of carbonyl (C=O) groups excluding carboxylic acids is 1. The smallest absolute Gasteiger partial charge is 0.247 e. The maximum atomic E-state index is 12.3. The van der Waals surface area contributed by atoms with Crippen molar-refractivity contribution in [3.05, 3.63) is 67.5 Å². The molecule has 4 aromatic rings. The van der Waals surface area contributed by atoms with Gasteiger partial charge >= 0.3 is 0 Å². The van der Waals surface area contributed by atoms with Crippen molar-refractivity contribution in [3.8, 4) is 17.0 Å². The molecule has 38 heavy (non-hydrogen) atoms. The normalized spacial score (nSPS) is 11.0. The Balaban J connectivity index is 1.73. The Morgan fingerprint density at radius 3 is 2.66 bits per heavy atom. The van der Waals surface area contributed by atoms with Gasteiger partial charge in [0, 0.05) is 62.1 Å². The van der Waals surface area contributed by atoms with Crippen molar-refractivity contribution in [1.29, 1.82) is 0 Å². The summed E-state index contributed by atoms with van der Waals surface area (Å²) in [7, 11) is 8.07. The molecular formula is C29H35N7O2. The molecule has 0 saturated carbocycles. The first-order valence-electron chi connectivity index (χ1n) is 12.5. The standard InChI is InChI=1S/C29H35N7O2/c1-7-28(37)31-23-17-24(27(38-8-2)18-26(23)35(5)16-15-34(3)4)33-29-30-14-13-22(32-29)21-19-36(6)25-12-10-9-11-20(21)25/h7,9-14,17-19H,1,8,15-16H2,2-6H3,(H,31,37)(H,30,32,33). The van der Waals surface area contributed by atoms with Gasteiger partial charge in [-0.15, -0.1) is 0 Å². The van der Waals surface area contributed by atoms with E-state index in [0.29, 0.717) is 29.7 Å². The number of nitrogens with one attached hydrogen (secondary N) is 2. The number of carbonyl (C=O) groups is 1. The predicted octanol–water partition coefficient (Wildman–Crippen LogP) is 4.90. The molecule has 0 spiro atoms. The van der Waals surface area contributed by atoms with Gasteiger partial charge in [-0.25, -0.2) is 9.97 Å². The minimum absolute atomic E-state index is 0.295. The van der Waals surface area contributed by atoms with Crippen molar-refractivity contribution in [1.82, 2.24) is 19.4 Å². The predicted molar refractivity (Wildman–Crippen MR) is 155 cm³/mol. The summed E-state index contributed by atoms with van der Waals surface area (Å²) in [6.45, 7) is 7.62. The topological polar surface area (TPSA) is 87.5 Å². The number of benzene rings is 2. The second-order valence-corrected chi connectivity index (χ2v) is 9.28. The molecule has 2 heterocycles. The van der Waals surface area contributed by atoms with Crippen LogP contribution >= 0.6 is 0 Å². The summed E-state index contributed by atoms with van der Waals surface area (Å²) >= 11 is 0. The number of hydrogen-bond acceptors (Lipinski definition) is 7. The fourth-order valence-electron chi connectivity index (χ4n) is 4.25. The lowest BCUT2D eigenvalue weighted by molar-refractivity contribution is -0.111. The highest BCUT2D eigenvalue weighted by Gasteiger charge is 2.17. The number of rotatable bonds is 11. The summed E-state index contributed by atoms with van der Waals surface area (Å²) in [5.41, 5.74) is 5.07. The molecule has 2 N–H and O–H groups in total. The summed E-state index contributed by atoms with van der Waals surface area (Å²) in [5, 5.41) is 7.37. The average molecular weight is 514 g/mol. The van der Waals surface area contributed by atoms with Gasteiger partial charge in [0.2, 0.25) is 11.9 Å². The molecule has 4 rings (SSSR count). The molecule has 2 aromatic heterocycles. The van der Waals surface area contributed by atoms with Crippen LogP contribution in [0.25, 0.3) is 22.2 Å². The van der Waals surface area contributed by atoms with Crippen LogP contribution in [0.4, 0.5) is 23.0 Å². The van der Waals surface area contributed by atoms with Crippen molar-refractivity contribution in [3.63, 3.8) is 0 Å². The van der Waals surface area contributed by atoms with Gasteiger partial charge in [0.15, 0.2) is 0 Å². The number of hydrogen-bond donors (Lipinski definition) is 2. The van der Waals surface area contributed by atoms with Crippen LogP contribution in [-0.2, 0) is 11.8 Å². The molecular weight excluding hydrogens is 478 g/mol. The number of amides is 1. The number of nitrogens with zero attached hydrogens (tertiary/aromatic N) is 5. The molecule has 0 atom stereocenters. The van der Waals surface area contributed by atoms with Gasteiger partial charge in [0.05, 0.1) is 29.4 Å². The van der Waals surface area contributed by atoms with E-state index in [1.807, 2.05) is 65.4 Å². The van der Waals surface area contributed by atoms with Crippen LogP contribution in [0.15, 0.2) is 67.5 Å². The van der Waals surface area contributed by atoms with Gasteiger partial charge in [-0.1, -0.05) is 24.8 Å². The van der Waals surface area contributed by atoms with Crippen LogP contribution in [0.5, 0.6) is 5.75 Å². The molecule has 9 nitrogen and oxygen atoms in total. The Bertz CT molecular complexity index is 1440. The minimum atomic E-state index is -0.295. The lowest BCUT2D eigenvalue weighted by Gasteiger charge is -2.26. The monoisotopic (exact) mass is 513 g/mol. The van der Waals surface area contributed by atoms with Gasteiger partial charge in [-0.3, -0.25) is 4.79 Å². The molecule has 1 amide bonds. The van der Waals surface area contributed by atoms with E-state index in [1.54, 1.807) is 6.20 Å². The largest absolute Gasteiger partial charge is 0.492 e. The molecule has 9 heteroatoms. The average Bonchev–Trinajstić information content (AvgIpc) is 3.25. The van der Waals surface area contributed by atoms with Crippen molar-refractivity contribution in [2.24, 2.45) is 7.05 Å². The maximum absolute atomic E-state index is 12.3. The van der Waals surface area contributed by atoms with Crippen LogP contribution in [-0.4, -0.2) is 66.2 Å². The van der Waals surface area contributed by atoms with E-state index in [9.17, 15) is 4.79 Å². The van der Waals surface area contributed by atoms with E-state index in [2.05, 4.69) is 54.9 Å². The summed E-state index contributed by atoms with van der Waals surface area (Å²) in [6, 6.07) is 13.9. The third-order valence-electron chi connectivity index (χ3n) is 6.21. The highest BCUT2D eigenvalue weighted by Crippen LogP contribution is 2.38. The molecule has 0 saturated heterocycles. The fraction of sp³-hybridized carbons (Fsp3) is 0.276. The lowest BCUT2D eigenvalue weighted by atomic mass is 10.1. The van der Waals surface area contributed by atoms with Crippen molar-refractivity contribution in [2.75, 3.05) is 56.4 Å². The van der Waals surface area contributed by atoms with Crippen molar-refractivity contribution < 1.29 is 9.53 Å². The lowest BCUT2D eigenvalue weighted by Crippen LogP contribution is -2.29. The molecule has 0 unspecified atom stereocenters. The van der Waals surface area contributed by atoms with E-state index in [1.165, 1.54) is 6.08 Å². The van der Waals surface area contributed by atoms with Crippen molar-refractivity contribution >= 4 is 39.8 Å². The molecule has 0 aliphatic carbocycles. The fourth-order valence-corrected chi connectivity index (χ4v) is 4.25. The summed E-state index contributed by atoms with van der Waals surface area (Å²) in [4.78, 5) is 25.7. The number of likely N-dealkylation sites (N-methyl/N-ethyl adjacent to an activating group) is 2. The summed E-state index contributed by atoms with van der Waals surface area (Å²) in [6.07, 6.45) is 5.06. The molecule has 0 radical (unpaired) electrons. The van der Waals surface area contributed by atoms with Gasteiger partial charge in [0.1, 0.15) is 5.75 Å². The van der Waals surface area contributed by atoms with E-state index >= 15 is 0 Å². The number of aromatic nitrogens is 3.